The molecule has 1 aliphatic rings. The summed E-state index contributed by atoms with van der Waals surface area (Å²) in [4.78, 5) is 27.1. The van der Waals surface area contributed by atoms with Gasteiger partial charge in [0.15, 0.2) is 5.96 Å². The molecule has 1 aliphatic carbocycles. The van der Waals surface area contributed by atoms with Crippen LogP contribution in [0.2, 0.25) is 0 Å². The van der Waals surface area contributed by atoms with Crippen LogP contribution in [-0.2, 0) is 14.3 Å². The zero-order valence-corrected chi connectivity index (χ0v) is 13.1. The van der Waals surface area contributed by atoms with Crippen molar-refractivity contribution in [1.82, 2.24) is 16.0 Å². The largest absolute Gasteiger partial charge is 0.469 e. The highest BCUT2D eigenvalue weighted by Crippen LogP contribution is 2.28. The molecule has 7 heteroatoms. The molecule has 0 aromatic carbocycles. The molecule has 1 rings (SSSR count). The number of esters is 1. The Hall–Kier alpha value is -1.79. The minimum Gasteiger partial charge on any atom is -0.469 e. The standard InChI is InChI=1S/C14H26N4O3/c1-4-15-14(18-9-10(2)13(20)21-3)17-8-7-16-12(19)11-5-6-11/h10-11H,4-9H2,1-3H3,(H,16,19)(H2,15,17,18). The van der Waals surface area contributed by atoms with Crippen LogP contribution in [0.3, 0.4) is 0 Å². The van der Waals surface area contributed by atoms with Gasteiger partial charge in [0.1, 0.15) is 0 Å². The topological polar surface area (TPSA) is 91.8 Å². The maximum absolute atomic E-state index is 11.5. The summed E-state index contributed by atoms with van der Waals surface area (Å²) in [5.41, 5.74) is 0. The number of rotatable bonds is 8. The quantitative estimate of drug-likeness (QED) is 0.251. The molecule has 0 aromatic rings. The molecule has 1 unspecified atom stereocenters. The smallest absolute Gasteiger partial charge is 0.310 e. The molecule has 120 valence electrons. The number of ether oxygens (including phenoxy) is 1. The maximum atomic E-state index is 11.5. The van der Waals surface area contributed by atoms with Crippen molar-refractivity contribution >= 4 is 17.8 Å². The normalized spacial score (nSPS) is 16.0. The molecule has 3 N–H and O–H groups in total. The van der Waals surface area contributed by atoms with Gasteiger partial charge in [-0.15, -0.1) is 0 Å². The Labute approximate surface area is 125 Å². The summed E-state index contributed by atoms with van der Waals surface area (Å²) in [5, 5.41) is 9.09. The number of nitrogens with one attached hydrogen (secondary N) is 3. The zero-order chi connectivity index (χ0) is 15.7. The van der Waals surface area contributed by atoms with Crippen molar-refractivity contribution in [2.75, 3.05) is 33.3 Å². The lowest BCUT2D eigenvalue weighted by molar-refractivity contribution is -0.144. The van der Waals surface area contributed by atoms with Gasteiger partial charge >= 0.3 is 5.97 Å². The predicted octanol–water partition coefficient (Wildman–Crippen LogP) is -0.123. The van der Waals surface area contributed by atoms with Gasteiger partial charge in [0.2, 0.25) is 5.91 Å². The first kappa shape index (κ1) is 17.3. The van der Waals surface area contributed by atoms with Crippen LogP contribution < -0.4 is 16.0 Å². The molecular formula is C14H26N4O3. The molecule has 21 heavy (non-hydrogen) atoms. The third-order valence-electron chi connectivity index (χ3n) is 3.14. The van der Waals surface area contributed by atoms with Crippen molar-refractivity contribution in [2.24, 2.45) is 16.8 Å². The Balaban J connectivity index is 2.27. The van der Waals surface area contributed by atoms with Crippen LogP contribution in [0.4, 0.5) is 0 Å². The fourth-order valence-corrected chi connectivity index (χ4v) is 1.70. The van der Waals surface area contributed by atoms with Gasteiger partial charge in [0.25, 0.3) is 0 Å². The van der Waals surface area contributed by atoms with Crippen molar-refractivity contribution in [2.45, 2.75) is 26.7 Å². The highest BCUT2D eigenvalue weighted by atomic mass is 16.5. The Bertz CT molecular complexity index is 380. The van der Waals surface area contributed by atoms with E-state index in [0.717, 1.165) is 19.4 Å². The van der Waals surface area contributed by atoms with E-state index in [2.05, 4.69) is 25.7 Å². The van der Waals surface area contributed by atoms with Crippen molar-refractivity contribution in [1.29, 1.82) is 0 Å². The fraction of sp³-hybridized carbons (Fsp3) is 0.786. The summed E-state index contributed by atoms with van der Waals surface area (Å²) in [6.07, 6.45) is 2.02. The number of carbonyl (C=O) groups is 2. The van der Waals surface area contributed by atoms with E-state index < -0.39 is 0 Å². The number of aliphatic imine (C=N–C) groups is 1. The number of amides is 1. The number of carbonyl (C=O) groups excluding carboxylic acids is 2. The lowest BCUT2D eigenvalue weighted by Gasteiger charge is -2.13. The SMILES string of the molecule is CCNC(=NCC(C)C(=O)OC)NCCNC(=O)C1CC1. The molecule has 0 heterocycles. The first-order valence-electron chi connectivity index (χ1n) is 7.46. The minimum absolute atomic E-state index is 0.137. The fourth-order valence-electron chi connectivity index (χ4n) is 1.70. The van der Waals surface area contributed by atoms with Crippen LogP contribution in [0.5, 0.6) is 0 Å². The maximum Gasteiger partial charge on any atom is 0.310 e. The zero-order valence-electron chi connectivity index (χ0n) is 13.1. The minimum atomic E-state index is -0.278. The second kappa shape index (κ2) is 9.20. The molecule has 0 radical (unpaired) electrons. The van der Waals surface area contributed by atoms with Gasteiger partial charge in [-0.1, -0.05) is 6.92 Å². The first-order chi connectivity index (χ1) is 10.1. The van der Waals surface area contributed by atoms with Crippen molar-refractivity contribution < 1.29 is 14.3 Å². The van der Waals surface area contributed by atoms with Gasteiger partial charge in [-0.3, -0.25) is 14.6 Å². The van der Waals surface area contributed by atoms with Crippen LogP contribution in [0.15, 0.2) is 4.99 Å². The molecule has 1 fully saturated rings. The number of hydrogen-bond acceptors (Lipinski definition) is 4. The van der Waals surface area contributed by atoms with E-state index in [-0.39, 0.29) is 23.7 Å². The summed E-state index contributed by atoms with van der Waals surface area (Å²) >= 11 is 0. The number of hydrogen-bond donors (Lipinski definition) is 3. The number of guanidine groups is 1. The molecule has 1 atom stereocenters. The van der Waals surface area contributed by atoms with E-state index >= 15 is 0 Å². The van der Waals surface area contributed by atoms with Crippen LogP contribution in [-0.4, -0.2) is 51.1 Å². The third kappa shape index (κ3) is 6.97. The summed E-state index contributed by atoms with van der Waals surface area (Å²) in [5.74, 6) is 0.450. The molecule has 0 saturated heterocycles. The van der Waals surface area contributed by atoms with Gasteiger partial charge in [-0.2, -0.15) is 0 Å². The second-order valence-corrected chi connectivity index (χ2v) is 5.14. The van der Waals surface area contributed by atoms with E-state index in [4.69, 9.17) is 0 Å². The highest BCUT2D eigenvalue weighted by molar-refractivity contribution is 5.81. The summed E-state index contributed by atoms with van der Waals surface area (Å²) in [6.45, 7) is 5.98. The molecule has 0 aromatic heterocycles. The second-order valence-electron chi connectivity index (χ2n) is 5.14. The molecular weight excluding hydrogens is 272 g/mol. The van der Waals surface area contributed by atoms with E-state index in [1.165, 1.54) is 7.11 Å². The molecule has 0 aliphatic heterocycles. The average molecular weight is 298 g/mol. The lowest BCUT2D eigenvalue weighted by atomic mass is 10.2. The van der Waals surface area contributed by atoms with Gasteiger partial charge in [0, 0.05) is 25.6 Å². The predicted molar refractivity (Wildman–Crippen MR) is 80.9 cm³/mol. The van der Waals surface area contributed by atoms with E-state index in [1.807, 2.05) is 6.92 Å². The van der Waals surface area contributed by atoms with Gasteiger partial charge in [0.05, 0.1) is 19.6 Å². The Morgan fingerprint density at radius 2 is 1.90 bits per heavy atom. The average Bonchev–Trinajstić information content (AvgIpc) is 3.32. The van der Waals surface area contributed by atoms with Crippen molar-refractivity contribution in [3.05, 3.63) is 0 Å². The first-order valence-corrected chi connectivity index (χ1v) is 7.46. The van der Waals surface area contributed by atoms with Crippen molar-refractivity contribution in [3.63, 3.8) is 0 Å². The highest BCUT2D eigenvalue weighted by Gasteiger charge is 2.28. The molecule has 7 nitrogen and oxygen atoms in total. The van der Waals surface area contributed by atoms with E-state index in [9.17, 15) is 9.59 Å². The number of methoxy groups -OCH3 is 1. The Morgan fingerprint density at radius 3 is 2.48 bits per heavy atom. The van der Waals surface area contributed by atoms with Gasteiger partial charge in [-0.05, 0) is 19.8 Å². The van der Waals surface area contributed by atoms with Crippen LogP contribution in [0.25, 0.3) is 0 Å². The molecule has 1 saturated carbocycles. The van der Waals surface area contributed by atoms with Crippen molar-refractivity contribution in [3.8, 4) is 0 Å². The Morgan fingerprint density at radius 1 is 1.24 bits per heavy atom. The van der Waals surface area contributed by atoms with Crippen LogP contribution in [0, 0.1) is 11.8 Å². The van der Waals surface area contributed by atoms with Gasteiger partial charge < -0.3 is 20.7 Å². The van der Waals surface area contributed by atoms with E-state index in [0.29, 0.717) is 25.6 Å². The monoisotopic (exact) mass is 298 g/mol. The number of nitrogens with zero attached hydrogens (tertiary/aromatic N) is 1. The molecule has 0 bridgehead atoms. The summed E-state index contributed by atoms with van der Waals surface area (Å²) < 4.78 is 4.66. The molecule has 0 spiro atoms. The van der Waals surface area contributed by atoms with Crippen LogP contribution in [0.1, 0.15) is 26.7 Å². The lowest BCUT2D eigenvalue weighted by Crippen LogP contribution is -2.42. The van der Waals surface area contributed by atoms with Crippen LogP contribution >= 0.6 is 0 Å². The van der Waals surface area contributed by atoms with E-state index in [1.54, 1.807) is 6.92 Å². The summed E-state index contributed by atoms with van der Waals surface area (Å²) in [6, 6.07) is 0. The third-order valence-corrected chi connectivity index (χ3v) is 3.14. The molecule has 1 amide bonds. The van der Waals surface area contributed by atoms with Gasteiger partial charge in [-0.25, -0.2) is 0 Å². The summed E-state index contributed by atoms with van der Waals surface area (Å²) in [7, 11) is 1.37. The Kier molecular flexibility index (Phi) is 7.56.